The van der Waals surface area contributed by atoms with Crippen LogP contribution in [0.15, 0.2) is 23.5 Å². The minimum Gasteiger partial charge on any atom is -0.507 e. The van der Waals surface area contributed by atoms with Crippen molar-refractivity contribution < 1.29 is 61.0 Å². The van der Waals surface area contributed by atoms with Crippen LogP contribution in [0.25, 0.3) is 0 Å². The van der Waals surface area contributed by atoms with Crippen molar-refractivity contribution in [1.82, 2.24) is 10.6 Å². The van der Waals surface area contributed by atoms with Gasteiger partial charge in [-0.15, -0.1) is 0 Å². The van der Waals surface area contributed by atoms with Crippen molar-refractivity contribution in [2.75, 3.05) is 0 Å². The van der Waals surface area contributed by atoms with E-state index in [1.165, 1.54) is 6.54 Å². The number of Topliss-reactive ketones (excluding diaryl/α,β-unsaturated/α-hetero) is 1. The number of hydrogen-bond donors (Lipinski definition) is 2. The third-order valence-corrected chi connectivity index (χ3v) is 1.74. The molecule has 2 aliphatic rings. The van der Waals surface area contributed by atoms with Crippen molar-refractivity contribution in [3.05, 3.63) is 30.1 Å². The van der Waals surface area contributed by atoms with Gasteiger partial charge in [0, 0.05) is 6.42 Å². The average Bonchev–Trinajstić information content (AvgIpc) is 2.04. The van der Waals surface area contributed by atoms with Crippen LogP contribution in [0.5, 0.6) is 0 Å². The van der Waals surface area contributed by atoms with Crippen LogP contribution in [0.1, 0.15) is 6.42 Å². The SMILES string of the molecule is O=C1[CH-]NC2=C(C=CCC2=O)N1.[K+]. The van der Waals surface area contributed by atoms with E-state index in [1.807, 2.05) is 0 Å². The average molecular weight is 202 g/mol. The molecule has 2 N–H and O–H groups in total. The van der Waals surface area contributed by atoms with Gasteiger partial charge in [0.15, 0.2) is 5.78 Å². The smallest absolute Gasteiger partial charge is 0.507 e. The summed E-state index contributed by atoms with van der Waals surface area (Å²) in [6.45, 7) is 1.25. The first-order valence-electron chi connectivity index (χ1n) is 3.62. The maximum absolute atomic E-state index is 11.2. The number of allylic oxidation sites excluding steroid dienone is 3. The molecule has 0 aromatic rings. The van der Waals surface area contributed by atoms with Gasteiger partial charge in [0.05, 0.1) is 11.4 Å². The Balaban J connectivity index is 0.000000845. The molecule has 62 valence electrons. The Labute approximate surface area is 118 Å². The summed E-state index contributed by atoms with van der Waals surface area (Å²) in [5.41, 5.74) is 1.05. The van der Waals surface area contributed by atoms with E-state index in [0.717, 1.165) is 0 Å². The van der Waals surface area contributed by atoms with E-state index in [0.29, 0.717) is 17.8 Å². The minimum absolute atomic E-state index is 0. The second-order valence-corrected chi connectivity index (χ2v) is 2.60. The van der Waals surface area contributed by atoms with Crippen molar-refractivity contribution in [3.8, 4) is 0 Å². The molecule has 0 aromatic heterocycles. The first kappa shape index (κ1) is 11.0. The zero-order valence-corrected chi connectivity index (χ0v) is 10.4. The fourth-order valence-electron chi connectivity index (χ4n) is 1.19. The molecule has 0 unspecified atom stereocenters. The van der Waals surface area contributed by atoms with Crippen LogP contribution in [-0.4, -0.2) is 11.7 Å². The maximum atomic E-state index is 11.2. The van der Waals surface area contributed by atoms with Gasteiger partial charge in [-0.2, -0.15) is 0 Å². The number of carbonyl (C=O) groups excluding carboxylic acids is 2. The number of nitrogens with one attached hydrogen (secondary N) is 2. The van der Waals surface area contributed by atoms with Crippen LogP contribution in [0, 0.1) is 6.54 Å². The molecule has 0 radical (unpaired) electrons. The van der Waals surface area contributed by atoms with E-state index in [2.05, 4.69) is 10.6 Å². The second kappa shape index (κ2) is 4.43. The number of rotatable bonds is 0. The normalized spacial score (nSPS) is 19.4. The van der Waals surface area contributed by atoms with Crippen LogP contribution in [0.2, 0.25) is 0 Å². The Kier molecular flexibility index (Phi) is 3.75. The molecule has 1 heterocycles. The van der Waals surface area contributed by atoms with E-state index in [-0.39, 0.29) is 63.1 Å². The van der Waals surface area contributed by atoms with Crippen LogP contribution in [0.4, 0.5) is 0 Å². The van der Waals surface area contributed by atoms with Gasteiger partial charge < -0.3 is 15.4 Å². The summed E-state index contributed by atoms with van der Waals surface area (Å²) in [7, 11) is 0. The molecule has 2 rings (SSSR count). The van der Waals surface area contributed by atoms with E-state index in [1.54, 1.807) is 12.2 Å². The Hall–Kier alpha value is -0.0736. The largest absolute Gasteiger partial charge is 1.00 e. The van der Waals surface area contributed by atoms with E-state index >= 15 is 0 Å². The quantitative estimate of drug-likeness (QED) is 0.318. The van der Waals surface area contributed by atoms with E-state index < -0.39 is 0 Å². The molecule has 0 aromatic carbocycles. The van der Waals surface area contributed by atoms with Gasteiger partial charge in [-0.3, -0.25) is 4.79 Å². The summed E-state index contributed by atoms with van der Waals surface area (Å²) < 4.78 is 0. The third kappa shape index (κ3) is 2.24. The molecule has 0 spiro atoms. The molecule has 1 aliphatic heterocycles. The van der Waals surface area contributed by atoms with E-state index in [9.17, 15) is 9.59 Å². The van der Waals surface area contributed by atoms with Gasteiger partial charge >= 0.3 is 51.4 Å². The molecular weight excluding hydrogens is 195 g/mol. The number of amides is 1. The standard InChI is InChI=1S/C8H7N2O2.K/c11-6-3-1-2-5-8(6)9-4-7(12)10-5;/h1-2,4,9H,3H2,(H,10,12);/q-1;+1. The van der Waals surface area contributed by atoms with Gasteiger partial charge in [-0.1, -0.05) is 6.08 Å². The molecule has 1 aliphatic carbocycles. The van der Waals surface area contributed by atoms with Gasteiger partial charge in [-0.25, -0.2) is 6.54 Å². The van der Waals surface area contributed by atoms with Crippen LogP contribution < -0.4 is 62.0 Å². The molecular formula is C8H7KN2O2. The Morgan fingerprint density at radius 2 is 2.15 bits per heavy atom. The fraction of sp³-hybridized carbons (Fsp3) is 0.125. The Morgan fingerprint density at radius 1 is 1.38 bits per heavy atom. The molecule has 0 fully saturated rings. The molecule has 4 nitrogen and oxygen atoms in total. The predicted molar refractivity (Wildman–Crippen MR) is 41.4 cm³/mol. The fourth-order valence-corrected chi connectivity index (χ4v) is 1.19. The predicted octanol–water partition coefficient (Wildman–Crippen LogP) is -3.39. The Morgan fingerprint density at radius 3 is 2.92 bits per heavy atom. The van der Waals surface area contributed by atoms with Gasteiger partial charge in [0.1, 0.15) is 5.91 Å². The maximum Gasteiger partial charge on any atom is 1.00 e. The summed E-state index contributed by atoms with van der Waals surface area (Å²) in [6, 6.07) is 0. The zero-order chi connectivity index (χ0) is 8.55. The van der Waals surface area contributed by atoms with Crippen molar-refractivity contribution >= 4 is 11.7 Å². The summed E-state index contributed by atoms with van der Waals surface area (Å²) in [6.07, 6.45) is 3.86. The third-order valence-electron chi connectivity index (χ3n) is 1.74. The molecule has 1 amide bonds. The first-order chi connectivity index (χ1) is 5.77. The molecule has 0 saturated heterocycles. The number of ketones is 1. The van der Waals surface area contributed by atoms with Crippen molar-refractivity contribution in [1.29, 1.82) is 0 Å². The van der Waals surface area contributed by atoms with Crippen molar-refractivity contribution in [3.63, 3.8) is 0 Å². The summed E-state index contributed by atoms with van der Waals surface area (Å²) in [5, 5.41) is 5.23. The monoisotopic (exact) mass is 202 g/mol. The molecule has 5 heteroatoms. The van der Waals surface area contributed by atoms with E-state index in [4.69, 9.17) is 0 Å². The molecule has 0 bridgehead atoms. The van der Waals surface area contributed by atoms with Crippen molar-refractivity contribution in [2.24, 2.45) is 0 Å². The minimum atomic E-state index is -0.229. The second-order valence-electron chi connectivity index (χ2n) is 2.60. The first-order valence-corrected chi connectivity index (χ1v) is 3.62. The van der Waals surface area contributed by atoms with Gasteiger partial charge in [-0.05, 0) is 6.08 Å². The number of carbonyl (C=O) groups is 2. The zero-order valence-electron chi connectivity index (χ0n) is 7.26. The van der Waals surface area contributed by atoms with Crippen LogP contribution in [-0.2, 0) is 9.59 Å². The topological polar surface area (TPSA) is 58.2 Å². The summed E-state index contributed by atoms with van der Waals surface area (Å²) >= 11 is 0. The van der Waals surface area contributed by atoms with Crippen LogP contribution >= 0.6 is 0 Å². The summed E-state index contributed by atoms with van der Waals surface area (Å²) in [5.74, 6) is -0.225. The Bertz CT molecular complexity index is 320. The molecule has 13 heavy (non-hydrogen) atoms. The van der Waals surface area contributed by atoms with Crippen LogP contribution in [0.3, 0.4) is 0 Å². The van der Waals surface area contributed by atoms with Gasteiger partial charge in [0.2, 0.25) is 0 Å². The molecule has 0 atom stereocenters. The number of hydrogen-bond acceptors (Lipinski definition) is 3. The van der Waals surface area contributed by atoms with Gasteiger partial charge in [0.25, 0.3) is 0 Å². The van der Waals surface area contributed by atoms with Crippen molar-refractivity contribution in [2.45, 2.75) is 6.42 Å². The molecule has 0 saturated carbocycles. The summed E-state index contributed by atoms with van der Waals surface area (Å²) in [4.78, 5) is 22.0.